The second-order valence-corrected chi connectivity index (χ2v) is 12.2. The molecule has 46 heavy (non-hydrogen) atoms. The molecule has 2 aromatic rings. The average molecular weight is 637 g/mol. The van der Waals surface area contributed by atoms with Crippen LogP contribution in [0.5, 0.6) is 17.2 Å². The highest BCUT2D eigenvalue weighted by atomic mass is 16.6. The number of fused-ring (bicyclic) bond motifs is 4. The van der Waals surface area contributed by atoms with Crippen LogP contribution in [0.1, 0.15) is 49.3 Å². The molecular weight excluding hydrogens is 604 g/mol. The summed E-state index contributed by atoms with van der Waals surface area (Å²) in [6.07, 6.45) is -3.25. The lowest BCUT2D eigenvalue weighted by Gasteiger charge is -2.45. The Bertz CT molecular complexity index is 1800. The number of carbonyl (C=O) groups excluding carboxylic acids is 4. The first-order valence-corrected chi connectivity index (χ1v) is 14.6. The van der Waals surface area contributed by atoms with Crippen molar-refractivity contribution in [1.82, 2.24) is 0 Å². The van der Waals surface area contributed by atoms with Gasteiger partial charge in [-0.2, -0.15) is 0 Å². The van der Waals surface area contributed by atoms with E-state index in [1.807, 2.05) is 0 Å². The molecule has 0 spiro atoms. The van der Waals surface area contributed by atoms with E-state index in [2.05, 4.69) is 0 Å². The van der Waals surface area contributed by atoms with E-state index in [0.29, 0.717) is 0 Å². The Labute approximate surface area is 262 Å². The standard InChI is InChI=1S/C33H32O13/c1-11-9-17(35)21-23(25(11)37)19(31(42)44-3)15-6-5-13(26(38)20(15)27(21)39)14-7-8-16(34)22-28(40)24-18(36)10-12(2)30(41)33(24,32(43)45-4)46-29(14)22/h5-8,11-12,19,23,25,30,34,37-41H,9-10H2,1-4H3. The summed E-state index contributed by atoms with van der Waals surface area (Å²) in [6.45, 7) is 3.15. The van der Waals surface area contributed by atoms with Gasteiger partial charge in [-0.15, -0.1) is 0 Å². The van der Waals surface area contributed by atoms with Crippen LogP contribution in [0.4, 0.5) is 0 Å². The smallest absolute Gasteiger partial charge is 0.358 e. The van der Waals surface area contributed by atoms with E-state index in [4.69, 9.17) is 14.2 Å². The van der Waals surface area contributed by atoms with Crippen molar-refractivity contribution in [2.45, 2.75) is 50.4 Å². The number of phenols is 2. The summed E-state index contributed by atoms with van der Waals surface area (Å²) in [6, 6.07) is 5.13. The number of methoxy groups -OCH3 is 2. The van der Waals surface area contributed by atoms with Gasteiger partial charge in [0, 0.05) is 35.5 Å². The number of aliphatic hydroxyl groups is 4. The van der Waals surface area contributed by atoms with Crippen LogP contribution in [0.3, 0.4) is 0 Å². The van der Waals surface area contributed by atoms with Crippen molar-refractivity contribution < 1.29 is 64.0 Å². The zero-order chi connectivity index (χ0) is 33.6. The monoisotopic (exact) mass is 636 g/mol. The lowest BCUT2D eigenvalue weighted by atomic mass is 9.63. The van der Waals surface area contributed by atoms with E-state index >= 15 is 0 Å². The van der Waals surface area contributed by atoms with E-state index in [1.165, 1.54) is 25.1 Å². The van der Waals surface area contributed by atoms with Crippen molar-refractivity contribution in [1.29, 1.82) is 0 Å². The normalized spacial score (nSPS) is 30.0. The SMILES string of the molecule is COC(=O)C1c2ccc(-c3ccc(O)c4c3OC3(C(=O)OC)C(=C4O)C(=O)CC(C)C3O)c(O)c2C(O)=C2C(=O)CC(C)C(O)C21. The Morgan fingerprint density at radius 1 is 0.848 bits per heavy atom. The van der Waals surface area contributed by atoms with E-state index in [1.54, 1.807) is 6.92 Å². The van der Waals surface area contributed by atoms with Gasteiger partial charge >= 0.3 is 11.9 Å². The Kier molecular flexibility index (Phi) is 7.17. The molecule has 7 unspecified atom stereocenters. The molecule has 0 amide bonds. The van der Waals surface area contributed by atoms with Gasteiger partial charge in [0.2, 0.25) is 0 Å². The number of phenolic OH excluding ortho intramolecular Hbond substituents is 2. The molecule has 7 atom stereocenters. The summed E-state index contributed by atoms with van der Waals surface area (Å²) in [5.74, 6) is -10.2. The number of ether oxygens (including phenoxy) is 3. The first kappa shape index (κ1) is 31.1. The number of esters is 2. The summed E-state index contributed by atoms with van der Waals surface area (Å²) >= 11 is 0. The number of rotatable bonds is 3. The summed E-state index contributed by atoms with van der Waals surface area (Å²) < 4.78 is 16.1. The Morgan fingerprint density at radius 2 is 1.50 bits per heavy atom. The molecule has 13 heteroatoms. The molecule has 2 saturated carbocycles. The van der Waals surface area contributed by atoms with Crippen LogP contribution >= 0.6 is 0 Å². The quantitative estimate of drug-likeness (QED) is 0.267. The van der Waals surface area contributed by atoms with E-state index in [0.717, 1.165) is 20.3 Å². The van der Waals surface area contributed by atoms with Gasteiger partial charge in [-0.05, 0) is 29.5 Å². The molecule has 0 bridgehead atoms. The third-order valence-electron chi connectivity index (χ3n) is 9.71. The van der Waals surface area contributed by atoms with Gasteiger partial charge in [-0.1, -0.05) is 26.0 Å². The maximum absolute atomic E-state index is 13.3. The zero-order valence-corrected chi connectivity index (χ0v) is 25.2. The second-order valence-electron chi connectivity index (χ2n) is 12.2. The fourth-order valence-electron chi connectivity index (χ4n) is 7.45. The molecule has 6 N–H and O–H groups in total. The van der Waals surface area contributed by atoms with Crippen LogP contribution in [0.2, 0.25) is 0 Å². The van der Waals surface area contributed by atoms with Crippen LogP contribution < -0.4 is 4.74 Å². The van der Waals surface area contributed by atoms with Crippen LogP contribution in [0.25, 0.3) is 22.6 Å². The highest BCUT2D eigenvalue weighted by molar-refractivity contribution is 6.13. The van der Waals surface area contributed by atoms with Gasteiger partial charge in [0.05, 0.1) is 37.4 Å². The largest absolute Gasteiger partial charge is 0.507 e. The first-order valence-electron chi connectivity index (χ1n) is 14.6. The van der Waals surface area contributed by atoms with Gasteiger partial charge < -0.3 is 44.8 Å². The number of benzene rings is 2. The molecule has 242 valence electrons. The molecule has 4 aliphatic rings. The fourth-order valence-corrected chi connectivity index (χ4v) is 7.45. The zero-order valence-electron chi connectivity index (χ0n) is 25.2. The van der Waals surface area contributed by atoms with Gasteiger partial charge in [-0.3, -0.25) is 14.4 Å². The molecule has 0 radical (unpaired) electrons. The molecule has 6 rings (SSSR count). The van der Waals surface area contributed by atoms with Crippen LogP contribution in [0.15, 0.2) is 35.4 Å². The minimum Gasteiger partial charge on any atom is -0.507 e. The summed E-state index contributed by atoms with van der Waals surface area (Å²) in [5.41, 5.74) is -4.20. The van der Waals surface area contributed by atoms with Crippen molar-refractivity contribution >= 4 is 35.0 Å². The molecular formula is C33H32O13. The molecule has 1 heterocycles. The Morgan fingerprint density at radius 3 is 2.15 bits per heavy atom. The van der Waals surface area contributed by atoms with Crippen LogP contribution in [0, 0.1) is 17.8 Å². The molecule has 3 aliphatic carbocycles. The highest BCUT2D eigenvalue weighted by Crippen LogP contribution is 2.56. The van der Waals surface area contributed by atoms with Crippen LogP contribution in [-0.4, -0.2) is 86.2 Å². The maximum Gasteiger partial charge on any atom is 0.358 e. The van der Waals surface area contributed by atoms with Gasteiger partial charge in [0.15, 0.2) is 11.6 Å². The third kappa shape index (κ3) is 3.94. The second kappa shape index (κ2) is 10.6. The van der Waals surface area contributed by atoms with Crippen molar-refractivity contribution in [3.63, 3.8) is 0 Å². The topological polar surface area (TPSA) is 217 Å². The molecule has 0 saturated heterocycles. The molecule has 2 fully saturated rings. The van der Waals surface area contributed by atoms with Gasteiger partial charge in [-0.25, -0.2) is 4.79 Å². The predicted molar refractivity (Wildman–Crippen MR) is 158 cm³/mol. The van der Waals surface area contributed by atoms with E-state index < -0.39 is 105 Å². The van der Waals surface area contributed by atoms with Gasteiger partial charge in [0.1, 0.15) is 40.4 Å². The number of aliphatic hydroxyl groups excluding tert-OH is 4. The predicted octanol–water partition coefficient (Wildman–Crippen LogP) is 2.43. The lowest BCUT2D eigenvalue weighted by molar-refractivity contribution is -0.173. The average Bonchev–Trinajstić information content (AvgIpc) is 3.01. The summed E-state index contributed by atoms with van der Waals surface area (Å²) in [5, 5.41) is 67.8. The third-order valence-corrected chi connectivity index (χ3v) is 9.71. The number of carbonyl (C=O) groups is 4. The van der Waals surface area contributed by atoms with Crippen molar-refractivity contribution in [2.24, 2.45) is 17.8 Å². The molecule has 13 nitrogen and oxygen atoms in total. The van der Waals surface area contributed by atoms with Crippen molar-refractivity contribution in [3.05, 3.63) is 52.1 Å². The minimum atomic E-state index is -2.54. The summed E-state index contributed by atoms with van der Waals surface area (Å²) in [7, 11) is 2.14. The minimum absolute atomic E-state index is 0.0621. The molecule has 2 aromatic carbocycles. The highest BCUT2D eigenvalue weighted by Gasteiger charge is 2.63. The van der Waals surface area contributed by atoms with Crippen LogP contribution in [-0.2, 0) is 28.7 Å². The Hall–Kier alpha value is -4.88. The summed E-state index contributed by atoms with van der Waals surface area (Å²) in [4.78, 5) is 52.8. The number of hydrogen-bond acceptors (Lipinski definition) is 13. The van der Waals surface area contributed by atoms with Gasteiger partial charge in [0.25, 0.3) is 5.60 Å². The molecule has 0 aromatic heterocycles. The number of hydrogen-bond donors (Lipinski definition) is 6. The Balaban J connectivity index is 1.63. The molecule has 1 aliphatic heterocycles. The number of aromatic hydroxyl groups is 2. The fraction of sp³-hybridized carbons (Fsp3) is 0.394. The van der Waals surface area contributed by atoms with Crippen molar-refractivity contribution in [3.8, 4) is 28.4 Å². The van der Waals surface area contributed by atoms with E-state index in [-0.39, 0.29) is 40.7 Å². The lowest BCUT2D eigenvalue weighted by Crippen LogP contribution is -2.64. The number of Topliss-reactive ketones (excluding diaryl/α,β-unsaturated/α-hetero) is 2. The first-order chi connectivity index (χ1) is 21.7. The number of ketones is 2. The van der Waals surface area contributed by atoms with E-state index in [9.17, 15) is 49.8 Å². The van der Waals surface area contributed by atoms with Crippen molar-refractivity contribution in [2.75, 3.05) is 14.2 Å². The maximum atomic E-state index is 13.3.